The van der Waals surface area contributed by atoms with Crippen molar-refractivity contribution >= 4 is 0 Å². The zero-order chi connectivity index (χ0) is 14.3. The summed E-state index contributed by atoms with van der Waals surface area (Å²) in [7, 11) is 1.57. The molecule has 2 atom stereocenters. The van der Waals surface area contributed by atoms with Gasteiger partial charge in [-0.1, -0.05) is 37.3 Å². The van der Waals surface area contributed by atoms with Crippen molar-refractivity contribution in [2.45, 2.75) is 25.9 Å². The highest BCUT2D eigenvalue weighted by molar-refractivity contribution is 5.59. The van der Waals surface area contributed by atoms with E-state index in [9.17, 15) is 5.11 Å². The summed E-state index contributed by atoms with van der Waals surface area (Å²) in [5, 5.41) is 9.99. The van der Waals surface area contributed by atoms with Crippen molar-refractivity contribution in [3.8, 4) is 17.2 Å². The summed E-state index contributed by atoms with van der Waals surface area (Å²) in [6.45, 7) is 4.11. The monoisotopic (exact) mass is 270 g/mol. The van der Waals surface area contributed by atoms with E-state index in [1.54, 1.807) is 13.2 Å². The Balaban J connectivity index is 2.07. The lowest BCUT2D eigenvalue weighted by Gasteiger charge is -2.16. The third-order valence-corrected chi connectivity index (χ3v) is 4.01. The van der Waals surface area contributed by atoms with Crippen LogP contribution in [0, 0.1) is 6.92 Å². The highest BCUT2D eigenvalue weighted by Crippen LogP contribution is 2.51. The Bertz CT molecular complexity index is 634. The maximum absolute atomic E-state index is 9.99. The molecular weight excluding hydrogens is 252 g/mol. The highest BCUT2D eigenvalue weighted by Gasteiger charge is 2.35. The van der Waals surface area contributed by atoms with Gasteiger partial charge in [0.25, 0.3) is 0 Å². The average molecular weight is 270 g/mol. The summed E-state index contributed by atoms with van der Waals surface area (Å²) in [5.41, 5.74) is 3.22. The van der Waals surface area contributed by atoms with E-state index in [4.69, 9.17) is 9.47 Å². The summed E-state index contributed by atoms with van der Waals surface area (Å²) >= 11 is 0. The van der Waals surface area contributed by atoms with Gasteiger partial charge < -0.3 is 14.6 Å². The molecule has 1 heterocycles. The van der Waals surface area contributed by atoms with Crippen molar-refractivity contribution in [1.82, 2.24) is 0 Å². The van der Waals surface area contributed by atoms with Crippen LogP contribution in [0.3, 0.4) is 0 Å². The zero-order valence-corrected chi connectivity index (χ0v) is 11.9. The molecule has 2 aromatic carbocycles. The van der Waals surface area contributed by atoms with Crippen LogP contribution in [0.2, 0.25) is 0 Å². The van der Waals surface area contributed by atoms with Crippen LogP contribution in [-0.4, -0.2) is 12.2 Å². The Labute approximate surface area is 118 Å². The fraction of sp³-hybridized carbons (Fsp3) is 0.294. The second kappa shape index (κ2) is 4.75. The Kier molecular flexibility index (Phi) is 3.05. The van der Waals surface area contributed by atoms with E-state index >= 15 is 0 Å². The van der Waals surface area contributed by atoms with E-state index in [1.807, 2.05) is 25.1 Å². The number of fused-ring (bicyclic) bond motifs is 1. The molecular formula is C17H18O3. The standard InChI is InChI=1S/C17H18O3/c1-10-15-11(2)17(19-3)13(18)9-14(15)20-16(10)12-7-5-4-6-8-12/h4-10,16,18H,1-3H3/t10-,16-/m1/s1. The zero-order valence-electron chi connectivity index (χ0n) is 11.9. The topological polar surface area (TPSA) is 38.7 Å². The van der Waals surface area contributed by atoms with E-state index in [-0.39, 0.29) is 17.8 Å². The van der Waals surface area contributed by atoms with Gasteiger partial charge in [0.2, 0.25) is 0 Å². The minimum atomic E-state index is -0.0172. The van der Waals surface area contributed by atoms with Crippen LogP contribution in [0.25, 0.3) is 0 Å². The largest absolute Gasteiger partial charge is 0.504 e. The van der Waals surface area contributed by atoms with Crippen molar-refractivity contribution < 1.29 is 14.6 Å². The maximum atomic E-state index is 9.99. The van der Waals surface area contributed by atoms with Gasteiger partial charge in [-0.05, 0) is 12.5 Å². The molecule has 0 unspecified atom stereocenters. The Hall–Kier alpha value is -2.16. The second-order valence-corrected chi connectivity index (χ2v) is 5.20. The van der Waals surface area contributed by atoms with Crippen molar-refractivity contribution in [2.75, 3.05) is 7.11 Å². The molecule has 0 aliphatic carbocycles. The molecule has 0 fully saturated rings. The van der Waals surface area contributed by atoms with Crippen LogP contribution in [0.5, 0.6) is 17.2 Å². The van der Waals surface area contributed by atoms with E-state index in [2.05, 4.69) is 19.1 Å². The molecule has 1 aliphatic heterocycles. The molecule has 0 bridgehead atoms. The first-order valence-corrected chi connectivity index (χ1v) is 6.75. The lowest BCUT2D eigenvalue weighted by atomic mass is 9.90. The first-order valence-electron chi connectivity index (χ1n) is 6.75. The van der Waals surface area contributed by atoms with Gasteiger partial charge in [-0.2, -0.15) is 0 Å². The Morgan fingerprint density at radius 1 is 1.20 bits per heavy atom. The third-order valence-electron chi connectivity index (χ3n) is 4.01. The number of hydrogen-bond donors (Lipinski definition) is 1. The van der Waals surface area contributed by atoms with Crippen molar-refractivity contribution in [3.05, 3.63) is 53.1 Å². The lowest BCUT2D eigenvalue weighted by molar-refractivity contribution is 0.215. The highest BCUT2D eigenvalue weighted by atomic mass is 16.5. The Morgan fingerprint density at radius 2 is 1.90 bits per heavy atom. The summed E-state index contributed by atoms with van der Waals surface area (Å²) in [4.78, 5) is 0. The summed E-state index contributed by atoms with van der Waals surface area (Å²) in [5.74, 6) is 1.64. The molecule has 0 aromatic heterocycles. The van der Waals surface area contributed by atoms with E-state index in [0.717, 1.165) is 22.4 Å². The predicted octanol–water partition coefficient (Wildman–Crippen LogP) is 3.95. The van der Waals surface area contributed by atoms with Crippen LogP contribution in [0.1, 0.15) is 35.6 Å². The predicted molar refractivity (Wildman–Crippen MR) is 77.6 cm³/mol. The minimum absolute atomic E-state index is 0.0172. The number of hydrogen-bond acceptors (Lipinski definition) is 3. The van der Waals surface area contributed by atoms with Crippen molar-refractivity contribution in [3.63, 3.8) is 0 Å². The van der Waals surface area contributed by atoms with Crippen LogP contribution >= 0.6 is 0 Å². The number of rotatable bonds is 2. The van der Waals surface area contributed by atoms with E-state index < -0.39 is 0 Å². The third kappa shape index (κ3) is 1.82. The molecule has 20 heavy (non-hydrogen) atoms. The van der Waals surface area contributed by atoms with Crippen molar-refractivity contribution in [1.29, 1.82) is 0 Å². The first-order chi connectivity index (χ1) is 9.63. The number of benzene rings is 2. The van der Waals surface area contributed by atoms with Gasteiger partial charge in [-0.25, -0.2) is 0 Å². The number of aromatic hydroxyl groups is 1. The minimum Gasteiger partial charge on any atom is -0.504 e. The number of phenolic OH excluding ortho intramolecular Hbond substituents is 1. The molecule has 104 valence electrons. The van der Waals surface area contributed by atoms with E-state index in [1.165, 1.54) is 0 Å². The summed E-state index contributed by atoms with van der Waals surface area (Å²) < 4.78 is 11.3. The molecule has 3 rings (SSSR count). The molecule has 0 saturated heterocycles. The van der Waals surface area contributed by atoms with Gasteiger partial charge >= 0.3 is 0 Å². The lowest BCUT2D eigenvalue weighted by Crippen LogP contribution is -2.07. The van der Waals surface area contributed by atoms with Crippen LogP contribution in [0.4, 0.5) is 0 Å². The van der Waals surface area contributed by atoms with Gasteiger partial charge in [-0.15, -0.1) is 0 Å². The fourth-order valence-electron chi connectivity index (χ4n) is 3.08. The quantitative estimate of drug-likeness (QED) is 0.898. The Morgan fingerprint density at radius 3 is 2.55 bits per heavy atom. The summed E-state index contributed by atoms with van der Waals surface area (Å²) in [6, 6.07) is 11.8. The molecule has 0 saturated carbocycles. The normalized spacial score (nSPS) is 20.4. The van der Waals surface area contributed by atoms with Crippen LogP contribution in [-0.2, 0) is 0 Å². The number of phenols is 1. The molecule has 3 nitrogen and oxygen atoms in total. The van der Waals surface area contributed by atoms with Gasteiger partial charge in [0.15, 0.2) is 11.5 Å². The number of ether oxygens (including phenoxy) is 2. The van der Waals surface area contributed by atoms with Crippen LogP contribution < -0.4 is 9.47 Å². The molecule has 2 aromatic rings. The van der Waals surface area contributed by atoms with Gasteiger partial charge in [0, 0.05) is 23.1 Å². The second-order valence-electron chi connectivity index (χ2n) is 5.20. The number of methoxy groups -OCH3 is 1. The van der Waals surface area contributed by atoms with E-state index in [0.29, 0.717) is 5.75 Å². The van der Waals surface area contributed by atoms with Crippen molar-refractivity contribution in [2.24, 2.45) is 0 Å². The average Bonchev–Trinajstić information content (AvgIpc) is 2.77. The van der Waals surface area contributed by atoms with Gasteiger partial charge in [-0.3, -0.25) is 0 Å². The molecule has 0 radical (unpaired) electrons. The molecule has 3 heteroatoms. The molecule has 1 aliphatic rings. The van der Waals surface area contributed by atoms with Crippen LogP contribution in [0.15, 0.2) is 36.4 Å². The smallest absolute Gasteiger partial charge is 0.163 e. The summed E-state index contributed by atoms with van der Waals surface area (Å²) in [6.07, 6.45) is -0.0172. The fourth-order valence-corrected chi connectivity index (χ4v) is 3.08. The molecule has 0 amide bonds. The molecule has 1 N–H and O–H groups in total. The van der Waals surface area contributed by atoms with Gasteiger partial charge in [0.1, 0.15) is 11.9 Å². The first kappa shape index (κ1) is 12.9. The maximum Gasteiger partial charge on any atom is 0.163 e. The SMILES string of the molecule is COc1c(O)cc2c(c1C)[C@@H](C)[C@H](c1ccccc1)O2. The molecule has 0 spiro atoms. The van der Waals surface area contributed by atoms with Gasteiger partial charge in [0.05, 0.1) is 7.11 Å².